The number of hydrogen-bond acceptors (Lipinski definition) is 4. The van der Waals surface area contributed by atoms with Crippen LogP contribution in [0.3, 0.4) is 0 Å². The fourth-order valence-corrected chi connectivity index (χ4v) is 2.98. The van der Waals surface area contributed by atoms with Crippen molar-refractivity contribution < 1.29 is 18.0 Å². The van der Waals surface area contributed by atoms with Gasteiger partial charge in [-0.05, 0) is 38.1 Å². The van der Waals surface area contributed by atoms with Crippen molar-refractivity contribution in [2.75, 3.05) is 13.6 Å². The summed E-state index contributed by atoms with van der Waals surface area (Å²) in [6, 6.07) is 4.10. The highest BCUT2D eigenvalue weighted by molar-refractivity contribution is 7.89. The van der Waals surface area contributed by atoms with Gasteiger partial charge in [-0.3, -0.25) is 9.59 Å². The maximum Gasteiger partial charge on any atom is 0.251 e. The minimum atomic E-state index is -3.77. The highest BCUT2D eigenvalue weighted by Crippen LogP contribution is 2.22. The third-order valence-electron chi connectivity index (χ3n) is 3.10. The Labute approximate surface area is 133 Å². The number of rotatable bonds is 6. The van der Waals surface area contributed by atoms with Gasteiger partial charge in [-0.2, -0.15) is 0 Å². The van der Waals surface area contributed by atoms with E-state index >= 15 is 0 Å². The Morgan fingerprint density at radius 2 is 2.00 bits per heavy atom. The Morgan fingerprint density at radius 3 is 2.59 bits per heavy atom. The predicted octanol–water partition coefficient (Wildman–Crippen LogP) is 0.257. The molecule has 2 rings (SSSR count). The van der Waals surface area contributed by atoms with E-state index in [2.05, 4.69) is 15.4 Å². The molecule has 1 aromatic carbocycles. The fraction of sp³-hybridized carbons (Fsp3) is 0.385. The standard InChI is InChI=1S/C13H16ClN3O4S/c1-15-22(20,21)11-6-8(2-5-10(11)14)13(19)16-7-12(18)17-9-3-4-9/h2,5-6,9,15H,3-4,7H2,1H3,(H,16,19)(H,17,18). The van der Waals surface area contributed by atoms with E-state index in [1.54, 1.807) is 0 Å². The summed E-state index contributed by atoms with van der Waals surface area (Å²) in [5.41, 5.74) is 0.109. The molecule has 9 heteroatoms. The second kappa shape index (κ2) is 6.64. The lowest BCUT2D eigenvalue weighted by molar-refractivity contribution is -0.120. The van der Waals surface area contributed by atoms with Gasteiger partial charge in [-0.1, -0.05) is 11.6 Å². The van der Waals surface area contributed by atoms with Crippen LogP contribution in [0.1, 0.15) is 23.2 Å². The maximum absolute atomic E-state index is 12.0. The van der Waals surface area contributed by atoms with E-state index in [0.717, 1.165) is 12.8 Å². The van der Waals surface area contributed by atoms with Gasteiger partial charge in [-0.25, -0.2) is 13.1 Å². The minimum absolute atomic E-state index is 0.0115. The highest BCUT2D eigenvalue weighted by atomic mass is 35.5. The summed E-state index contributed by atoms with van der Waals surface area (Å²) >= 11 is 5.84. The van der Waals surface area contributed by atoms with Crippen LogP contribution in [0, 0.1) is 0 Å². The third-order valence-corrected chi connectivity index (χ3v) is 5.00. The van der Waals surface area contributed by atoms with Crippen molar-refractivity contribution in [3.05, 3.63) is 28.8 Å². The molecule has 0 spiro atoms. The summed E-state index contributed by atoms with van der Waals surface area (Å²) < 4.78 is 25.7. The van der Waals surface area contributed by atoms with Crippen LogP contribution < -0.4 is 15.4 Å². The molecule has 0 saturated heterocycles. The molecule has 1 saturated carbocycles. The van der Waals surface area contributed by atoms with Crippen molar-refractivity contribution >= 4 is 33.4 Å². The van der Waals surface area contributed by atoms with Gasteiger partial charge in [0.2, 0.25) is 15.9 Å². The first-order valence-electron chi connectivity index (χ1n) is 6.64. The zero-order valence-electron chi connectivity index (χ0n) is 11.8. The van der Waals surface area contributed by atoms with Gasteiger partial charge in [-0.15, -0.1) is 0 Å². The van der Waals surface area contributed by atoms with Crippen LogP contribution in [0.2, 0.25) is 5.02 Å². The molecule has 7 nitrogen and oxygen atoms in total. The second-order valence-electron chi connectivity index (χ2n) is 4.88. The SMILES string of the molecule is CNS(=O)(=O)c1cc(C(=O)NCC(=O)NC2CC2)ccc1Cl. The lowest BCUT2D eigenvalue weighted by Gasteiger charge is -2.09. The van der Waals surface area contributed by atoms with Gasteiger partial charge in [0.15, 0.2) is 0 Å². The van der Waals surface area contributed by atoms with Crippen LogP contribution in [0.25, 0.3) is 0 Å². The first-order chi connectivity index (χ1) is 10.3. The molecule has 0 aromatic heterocycles. The van der Waals surface area contributed by atoms with Gasteiger partial charge in [0.05, 0.1) is 11.6 Å². The van der Waals surface area contributed by atoms with E-state index in [1.807, 2.05) is 0 Å². The molecule has 0 aliphatic heterocycles. The Hall–Kier alpha value is -1.64. The van der Waals surface area contributed by atoms with E-state index in [0.29, 0.717) is 0 Å². The summed E-state index contributed by atoms with van der Waals surface area (Å²) in [6.07, 6.45) is 1.92. The molecule has 2 amide bonds. The molecule has 1 aliphatic carbocycles. The Kier molecular flexibility index (Phi) is 5.05. The van der Waals surface area contributed by atoms with Crippen molar-refractivity contribution in [2.45, 2.75) is 23.8 Å². The fourth-order valence-electron chi connectivity index (χ4n) is 1.73. The smallest absolute Gasteiger partial charge is 0.251 e. The van der Waals surface area contributed by atoms with Gasteiger partial charge in [0.1, 0.15) is 4.90 Å². The van der Waals surface area contributed by atoms with Crippen molar-refractivity contribution in [2.24, 2.45) is 0 Å². The first kappa shape index (κ1) is 16.7. The number of halogens is 1. The van der Waals surface area contributed by atoms with Crippen LogP contribution in [-0.4, -0.2) is 39.9 Å². The first-order valence-corrected chi connectivity index (χ1v) is 8.50. The summed E-state index contributed by atoms with van der Waals surface area (Å²) in [7, 11) is -2.51. The van der Waals surface area contributed by atoms with Crippen molar-refractivity contribution in [3.8, 4) is 0 Å². The number of carbonyl (C=O) groups excluding carboxylic acids is 2. The molecule has 120 valence electrons. The Morgan fingerprint density at radius 1 is 1.32 bits per heavy atom. The van der Waals surface area contributed by atoms with Crippen LogP contribution >= 0.6 is 11.6 Å². The molecular formula is C13H16ClN3O4S. The zero-order valence-corrected chi connectivity index (χ0v) is 13.4. The topological polar surface area (TPSA) is 104 Å². The number of benzene rings is 1. The van der Waals surface area contributed by atoms with Crippen molar-refractivity contribution in [3.63, 3.8) is 0 Å². The highest BCUT2D eigenvalue weighted by Gasteiger charge is 2.23. The molecule has 3 N–H and O–H groups in total. The van der Waals surface area contributed by atoms with Gasteiger partial charge in [0, 0.05) is 11.6 Å². The molecule has 0 heterocycles. The van der Waals surface area contributed by atoms with E-state index in [-0.39, 0.29) is 34.0 Å². The lowest BCUT2D eigenvalue weighted by Crippen LogP contribution is -2.37. The summed E-state index contributed by atoms with van der Waals surface area (Å²) in [5, 5.41) is 5.18. The Bertz CT molecular complexity index is 701. The predicted molar refractivity (Wildman–Crippen MR) is 81.2 cm³/mol. The van der Waals surface area contributed by atoms with Gasteiger partial charge in [0.25, 0.3) is 5.91 Å². The van der Waals surface area contributed by atoms with Crippen LogP contribution in [0.4, 0.5) is 0 Å². The number of carbonyl (C=O) groups is 2. The van der Waals surface area contributed by atoms with Crippen molar-refractivity contribution in [1.29, 1.82) is 0 Å². The monoisotopic (exact) mass is 345 g/mol. The molecule has 0 bridgehead atoms. The quantitative estimate of drug-likeness (QED) is 0.687. The van der Waals surface area contributed by atoms with Gasteiger partial charge >= 0.3 is 0 Å². The zero-order chi connectivity index (χ0) is 16.3. The molecular weight excluding hydrogens is 330 g/mol. The van der Waals surface area contributed by atoms with E-state index in [9.17, 15) is 18.0 Å². The number of amides is 2. The summed E-state index contributed by atoms with van der Waals surface area (Å²) in [5.74, 6) is -0.817. The normalized spacial score (nSPS) is 14.5. The number of hydrogen-bond donors (Lipinski definition) is 3. The second-order valence-corrected chi connectivity index (χ2v) is 7.14. The number of sulfonamides is 1. The molecule has 1 aromatic rings. The van der Waals surface area contributed by atoms with Gasteiger partial charge < -0.3 is 10.6 Å². The molecule has 0 radical (unpaired) electrons. The lowest BCUT2D eigenvalue weighted by atomic mass is 10.2. The van der Waals surface area contributed by atoms with Crippen LogP contribution in [0.15, 0.2) is 23.1 Å². The minimum Gasteiger partial charge on any atom is -0.352 e. The average Bonchev–Trinajstić information content (AvgIpc) is 3.29. The van der Waals surface area contributed by atoms with E-state index in [1.165, 1.54) is 25.2 Å². The number of nitrogens with one attached hydrogen (secondary N) is 3. The molecule has 1 fully saturated rings. The van der Waals surface area contributed by atoms with Crippen LogP contribution in [0.5, 0.6) is 0 Å². The summed E-state index contributed by atoms with van der Waals surface area (Å²) in [6.45, 7) is -0.161. The van der Waals surface area contributed by atoms with Crippen LogP contribution in [-0.2, 0) is 14.8 Å². The molecule has 0 atom stereocenters. The Balaban J connectivity index is 2.06. The third kappa shape index (κ3) is 4.19. The molecule has 0 unspecified atom stereocenters. The largest absolute Gasteiger partial charge is 0.352 e. The van der Waals surface area contributed by atoms with E-state index < -0.39 is 15.9 Å². The summed E-state index contributed by atoms with van der Waals surface area (Å²) in [4.78, 5) is 23.3. The van der Waals surface area contributed by atoms with E-state index in [4.69, 9.17) is 11.6 Å². The maximum atomic E-state index is 12.0. The molecule has 1 aliphatic rings. The average molecular weight is 346 g/mol. The van der Waals surface area contributed by atoms with Crippen molar-refractivity contribution in [1.82, 2.24) is 15.4 Å². The molecule has 22 heavy (non-hydrogen) atoms.